The van der Waals surface area contributed by atoms with E-state index in [1.165, 1.54) is 0 Å². The Bertz CT molecular complexity index is 708. The smallest absolute Gasteiger partial charge is 0.409 e. The van der Waals surface area contributed by atoms with E-state index in [2.05, 4.69) is 10.6 Å². The highest BCUT2D eigenvalue weighted by Crippen LogP contribution is 2.30. The predicted octanol–water partition coefficient (Wildman–Crippen LogP) is 3.14. The maximum absolute atomic E-state index is 11.8. The molecule has 1 amide bonds. The molecule has 8 nitrogen and oxygen atoms in total. The molecule has 2 N–H and O–H groups in total. The number of benzene rings is 1. The Labute approximate surface area is 195 Å². The number of aliphatic imine (C=N–C) groups is 1. The number of likely N-dealkylation sites (tertiary alicyclic amines) is 1. The van der Waals surface area contributed by atoms with E-state index in [-0.39, 0.29) is 36.1 Å². The monoisotopic (exact) mass is 532 g/mol. The van der Waals surface area contributed by atoms with Crippen molar-refractivity contribution in [1.29, 1.82) is 0 Å². The standard InChI is InChI=1S/C21H32N4O4.HI/c1-3-22-20(24-17-8-10-25(11-9-17)21(26)27-4-2)23-15-16-6-7-18-19(14-16)29-13-5-12-28-18;/h6-7,14,17H,3-5,8-13,15H2,1-2H3,(H2,22,23,24);1H. The van der Waals surface area contributed by atoms with Crippen LogP contribution in [0.15, 0.2) is 23.2 Å². The molecule has 0 aromatic heterocycles. The largest absolute Gasteiger partial charge is 0.490 e. The summed E-state index contributed by atoms with van der Waals surface area (Å²) in [6.07, 6.45) is 2.41. The van der Waals surface area contributed by atoms with E-state index in [9.17, 15) is 4.79 Å². The summed E-state index contributed by atoms with van der Waals surface area (Å²) in [4.78, 5) is 18.3. The van der Waals surface area contributed by atoms with E-state index < -0.39 is 0 Å². The summed E-state index contributed by atoms with van der Waals surface area (Å²) in [7, 11) is 0. The SMILES string of the molecule is CCNC(=NCc1ccc2c(c1)OCCCO2)NC1CCN(C(=O)OCC)CC1.I. The van der Waals surface area contributed by atoms with E-state index in [0.717, 1.165) is 48.8 Å². The molecule has 1 aromatic rings. The van der Waals surface area contributed by atoms with Crippen LogP contribution in [0.25, 0.3) is 0 Å². The van der Waals surface area contributed by atoms with Crippen molar-refractivity contribution >= 4 is 36.0 Å². The summed E-state index contributed by atoms with van der Waals surface area (Å²) in [5.74, 6) is 2.38. The van der Waals surface area contributed by atoms with Gasteiger partial charge in [0.25, 0.3) is 0 Å². The maximum atomic E-state index is 11.8. The Hall–Kier alpha value is -1.91. The molecule has 9 heteroatoms. The van der Waals surface area contributed by atoms with Gasteiger partial charge in [0, 0.05) is 32.1 Å². The zero-order valence-corrected chi connectivity index (χ0v) is 20.1. The molecule has 1 aromatic carbocycles. The van der Waals surface area contributed by atoms with Gasteiger partial charge in [-0.2, -0.15) is 0 Å². The third-order valence-electron chi connectivity index (χ3n) is 4.94. The number of carbonyl (C=O) groups is 1. The van der Waals surface area contributed by atoms with E-state index in [0.29, 0.717) is 39.5 Å². The third kappa shape index (κ3) is 7.10. The lowest BCUT2D eigenvalue weighted by atomic mass is 10.1. The number of piperidine rings is 1. The van der Waals surface area contributed by atoms with Crippen molar-refractivity contribution < 1.29 is 19.0 Å². The summed E-state index contributed by atoms with van der Waals surface area (Å²) in [5.41, 5.74) is 1.07. The second-order valence-electron chi connectivity index (χ2n) is 7.13. The fourth-order valence-corrected chi connectivity index (χ4v) is 3.41. The van der Waals surface area contributed by atoms with Crippen molar-refractivity contribution in [3.63, 3.8) is 0 Å². The number of halogens is 1. The zero-order chi connectivity index (χ0) is 20.5. The Balaban J connectivity index is 0.00000320. The minimum Gasteiger partial charge on any atom is -0.490 e. The van der Waals surface area contributed by atoms with Crippen LogP contribution in [0.4, 0.5) is 4.79 Å². The van der Waals surface area contributed by atoms with Gasteiger partial charge in [0.05, 0.1) is 26.4 Å². The molecule has 1 saturated heterocycles. The van der Waals surface area contributed by atoms with Crippen molar-refractivity contribution in [2.24, 2.45) is 4.99 Å². The fourth-order valence-electron chi connectivity index (χ4n) is 3.41. The Morgan fingerprint density at radius 1 is 1.20 bits per heavy atom. The third-order valence-corrected chi connectivity index (χ3v) is 4.94. The molecular weight excluding hydrogens is 499 g/mol. The number of rotatable bonds is 5. The lowest BCUT2D eigenvalue weighted by Gasteiger charge is -2.32. The quantitative estimate of drug-likeness (QED) is 0.345. The van der Waals surface area contributed by atoms with Crippen LogP contribution in [0.5, 0.6) is 11.5 Å². The molecule has 2 heterocycles. The lowest BCUT2D eigenvalue weighted by Crippen LogP contribution is -2.49. The first kappa shape index (κ1) is 24.4. The molecule has 0 saturated carbocycles. The van der Waals surface area contributed by atoms with Crippen LogP contribution in [0.1, 0.15) is 38.7 Å². The Kier molecular flexibility index (Phi) is 10.3. The van der Waals surface area contributed by atoms with Crippen molar-refractivity contribution in [2.75, 3.05) is 39.5 Å². The van der Waals surface area contributed by atoms with Gasteiger partial charge in [-0.3, -0.25) is 0 Å². The average molecular weight is 532 g/mol. The highest BCUT2D eigenvalue weighted by atomic mass is 127. The van der Waals surface area contributed by atoms with Crippen molar-refractivity contribution in [2.45, 2.75) is 45.7 Å². The average Bonchev–Trinajstić information content (AvgIpc) is 2.98. The molecule has 0 atom stereocenters. The molecule has 2 aliphatic heterocycles. The molecule has 0 unspecified atom stereocenters. The van der Waals surface area contributed by atoms with Gasteiger partial charge in [0.15, 0.2) is 17.5 Å². The first-order chi connectivity index (χ1) is 14.2. The topological polar surface area (TPSA) is 84.4 Å². The van der Waals surface area contributed by atoms with Crippen molar-refractivity contribution in [3.8, 4) is 11.5 Å². The predicted molar refractivity (Wildman–Crippen MR) is 127 cm³/mol. The molecule has 0 radical (unpaired) electrons. The highest BCUT2D eigenvalue weighted by molar-refractivity contribution is 14.0. The summed E-state index contributed by atoms with van der Waals surface area (Å²) < 4.78 is 16.5. The number of ether oxygens (including phenoxy) is 3. The minimum absolute atomic E-state index is 0. The minimum atomic E-state index is -0.221. The van der Waals surface area contributed by atoms with Gasteiger partial charge in [0.2, 0.25) is 0 Å². The van der Waals surface area contributed by atoms with Crippen molar-refractivity contribution in [1.82, 2.24) is 15.5 Å². The van der Waals surface area contributed by atoms with E-state index in [4.69, 9.17) is 19.2 Å². The van der Waals surface area contributed by atoms with Gasteiger partial charge in [-0.1, -0.05) is 6.07 Å². The lowest BCUT2D eigenvalue weighted by molar-refractivity contribution is 0.0963. The first-order valence-electron chi connectivity index (χ1n) is 10.5. The second kappa shape index (κ2) is 12.7. The first-order valence-corrected chi connectivity index (χ1v) is 10.5. The number of hydrogen-bond donors (Lipinski definition) is 2. The van der Waals surface area contributed by atoms with E-state index in [1.54, 1.807) is 4.90 Å². The van der Waals surface area contributed by atoms with Crippen LogP contribution in [-0.4, -0.2) is 62.4 Å². The molecule has 0 aliphatic carbocycles. The Morgan fingerprint density at radius 2 is 1.93 bits per heavy atom. The molecular formula is C21H33IN4O4. The van der Waals surface area contributed by atoms with Crippen molar-refractivity contribution in [3.05, 3.63) is 23.8 Å². The summed E-state index contributed by atoms with van der Waals surface area (Å²) in [5, 5.41) is 6.80. The van der Waals surface area contributed by atoms with Gasteiger partial charge in [0.1, 0.15) is 0 Å². The number of hydrogen-bond acceptors (Lipinski definition) is 5. The molecule has 30 heavy (non-hydrogen) atoms. The number of fused-ring (bicyclic) bond motifs is 1. The van der Waals surface area contributed by atoms with E-state index in [1.807, 2.05) is 32.0 Å². The normalized spacial score (nSPS) is 16.9. The number of amides is 1. The van der Waals surface area contributed by atoms with Gasteiger partial charge in [-0.15, -0.1) is 24.0 Å². The molecule has 0 bridgehead atoms. The van der Waals surface area contributed by atoms with Crippen LogP contribution < -0.4 is 20.1 Å². The van der Waals surface area contributed by atoms with Crippen LogP contribution in [0.2, 0.25) is 0 Å². The molecule has 168 valence electrons. The highest BCUT2D eigenvalue weighted by Gasteiger charge is 2.24. The zero-order valence-electron chi connectivity index (χ0n) is 17.8. The summed E-state index contributed by atoms with van der Waals surface area (Å²) >= 11 is 0. The van der Waals surface area contributed by atoms with Gasteiger partial charge in [-0.25, -0.2) is 9.79 Å². The van der Waals surface area contributed by atoms with Gasteiger partial charge in [-0.05, 0) is 44.4 Å². The number of nitrogens with zero attached hydrogens (tertiary/aromatic N) is 2. The molecule has 0 spiro atoms. The summed E-state index contributed by atoms with van der Waals surface area (Å²) in [6.45, 7) is 8.37. The fraction of sp³-hybridized carbons (Fsp3) is 0.619. The summed E-state index contributed by atoms with van der Waals surface area (Å²) in [6, 6.07) is 6.27. The molecule has 3 rings (SSSR count). The van der Waals surface area contributed by atoms with Crippen LogP contribution >= 0.6 is 24.0 Å². The van der Waals surface area contributed by atoms with Crippen LogP contribution in [0, 0.1) is 0 Å². The number of guanidine groups is 1. The van der Waals surface area contributed by atoms with Gasteiger partial charge < -0.3 is 29.7 Å². The molecule has 1 fully saturated rings. The number of carbonyl (C=O) groups excluding carboxylic acids is 1. The number of nitrogens with one attached hydrogen (secondary N) is 2. The molecule has 2 aliphatic rings. The second-order valence-corrected chi connectivity index (χ2v) is 7.13. The maximum Gasteiger partial charge on any atom is 0.409 e. The van der Waals surface area contributed by atoms with Crippen LogP contribution in [0.3, 0.4) is 0 Å². The van der Waals surface area contributed by atoms with E-state index >= 15 is 0 Å². The van der Waals surface area contributed by atoms with Gasteiger partial charge >= 0.3 is 6.09 Å². The Morgan fingerprint density at radius 3 is 2.63 bits per heavy atom. The van der Waals surface area contributed by atoms with Crippen LogP contribution in [-0.2, 0) is 11.3 Å².